The average Bonchev–Trinajstić information content (AvgIpc) is 2.78. The number of hydrogen-bond acceptors (Lipinski definition) is 5. The van der Waals surface area contributed by atoms with Crippen LogP contribution in [0.25, 0.3) is 0 Å². The van der Waals surface area contributed by atoms with Crippen LogP contribution in [0.3, 0.4) is 0 Å². The van der Waals surface area contributed by atoms with Crippen LogP contribution in [0.5, 0.6) is 5.75 Å². The second-order valence-electron chi connectivity index (χ2n) is 6.70. The number of carbonyl (C=O) groups excluding carboxylic acids is 3. The first-order valence-electron chi connectivity index (χ1n) is 9.55. The lowest BCUT2D eigenvalue weighted by Crippen LogP contribution is -2.37. The quantitative estimate of drug-likeness (QED) is 0.213. The summed E-state index contributed by atoms with van der Waals surface area (Å²) in [6, 6.07) is 23.0. The van der Waals surface area contributed by atoms with Crippen LogP contribution in [-0.2, 0) is 16.1 Å². The highest BCUT2D eigenvalue weighted by atomic mass is 16.5. The lowest BCUT2D eigenvalue weighted by Gasteiger charge is -2.06. The first-order chi connectivity index (χ1) is 15.0. The summed E-state index contributed by atoms with van der Waals surface area (Å²) in [5, 5.41) is 6.30. The van der Waals surface area contributed by atoms with Gasteiger partial charge in [-0.3, -0.25) is 9.59 Å². The van der Waals surface area contributed by atoms with E-state index in [1.54, 1.807) is 42.5 Å². The molecule has 31 heavy (non-hydrogen) atoms. The highest BCUT2D eigenvalue weighted by Crippen LogP contribution is 2.15. The molecule has 0 aliphatic carbocycles. The van der Waals surface area contributed by atoms with E-state index >= 15 is 0 Å². The van der Waals surface area contributed by atoms with E-state index in [0.717, 1.165) is 11.1 Å². The number of hydrogen-bond donors (Lipinski definition) is 2. The molecule has 0 atom stereocenters. The van der Waals surface area contributed by atoms with Crippen LogP contribution in [0, 0.1) is 6.92 Å². The standard InChI is InChI=1S/C24H21N3O4/c1-17-7-5-11-20(13-17)24(30)31-21-12-6-10-19(14-21)16-26-27-23(29)22(28)25-15-18-8-3-2-4-9-18/h2-14,16H,15H2,1H3,(H,25,28)(H,27,29)/b26-16+. The number of ether oxygens (including phenoxy) is 1. The molecule has 0 aliphatic rings. The molecule has 3 aromatic rings. The van der Waals surface area contributed by atoms with E-state index in [-0.39, 0.29) is 6.54 Å². The van der Waals surface area contributed by atoms with Gasteiger partial charge in [0.1, 0.15) is 5.75 Å². The normalized spacial score (nSPS) is 10.5. The Morgan fingerprint density at radius 1 is 0.903 bits per heavy atom. The molecule has 3 aromatic carbocycles. The van der Waals surface area contributed by atoms with Gasteiger partial charge in [-0.2, -0.15) is 5.10 Å². The van der Waals surface area contributed by atoms with Crippen molar-refractivity contribution in [2.75, 3.05) is 0 Å². The van der Waals surface area contributed by atoms with Crippen LogP contribution in [0.2, 0.25) is 0 Å². The minimum Gasteiger partial charge on any atom is -0.423 e. The van der Waals surface area contributed by atoms with E-state index < -0.39 is 17.8 Å². The lowest BCUT2D eigenvalue weighted by atomic mass is 10.1. The number of nitrogens with one attached hydrogen (secondary N) is 2. The molecule has 2 amide bonds. The zero-order valence-electron chi connectivity index (χ0n) is 16.9. The van der Waals surface area contributed by atoms with Gasteiger partial charge in [-0.25, -0.2) is 10.2 Å². The van der Waals surface area contributed by atoms with Gasteiger partial charge in [0.05, 0.1) is 11.8 Å². The highest BCUT2D eigenvalue weighted by Gasteiger charge is 2.12. The Balaban J connectivity index is 1.52. The number of esters is 1. The molecule has 0 saturated carbocycles. The van der Waals surface area contributed by atoms with Crippen molar-refractivity contribution in [1.29, 1.82) is 0 Å². The summed E-state index contributed by atoms with van der Waals surface area (Å²) in [6.45, 7) is 2.13. The lowest BCUT2D eigenvalue weighted by molar-refractivity contribution is -0.139. The second kappa shape index (κ2) is 10.5. The molecule has 0 heterocycles. The van der Waals surface area contributed by atoms with Crippen LogP contribution in [0.1, 0.15) is 27.0 Å². The molecule has 7 heteroatoms. The van der Waals surface area contributed by atoms with E-state index in [1.165, 1.54) is 6.21 Å². The summed E-state index contributed by atoms with van der Waals surface area (Å²) in [7, 11) is 0. The van der Waals surface area contributed by atoms with E-state index in [4.69, 9.17) is 4.74 Å². The molecule has 7 nitrogen and oxygen atoms in total. The van der Waals surface area contributed by atoms with Crippen molar-refractivity contribution in [2.45, 2.75) is 13.5 Å². The van der Waals surface area contributed by atoms with Gasteiger partial charge in [0.25, 0.3) is 0 Å². The van der Waals surface area contributed by atoms with E-state index in [1.807, 2.05) is 43.3 Å². The largest absolute Gasteiger partial charge is 0.423 e. The fourth-order valence-corrected chi connectivity index (χ4v) is 2.67. The van der Waals surface area contributed by atoms with Gasteiger partial charge >= 0.3 is 17.8 Å². The molecule has 0 aromatic heterocycles. The van der Waals surface area contributed by atoms with E-state index in [0.29, 0.717) is 16.9 Å². The third-order valence-corrected chi connectivity index (χ3v) is 4.20. The molecular formula is C24H21N3O4. The Kier molecular flexibility index (Phi) is 7.26. The Hall–Kier alpha value is -4.26. The topological polar surface area (TPSA) is 96.9 Å². The first-order valence-corrected chi connectivity index (χ1v) is 9.55. The van der Waals surface area contributed by atoms with Crippen LogP contribution >= 0.6 is 0 Å². The fraction of sp³-hybridized carbons (Fsp3) is 0.0833. The maximum absolute atomic E-state index is 12.3. The Bertz CT molecular complexity index is 1110. The van der Waals surface area contributed by atoms with Gasteiger partial charge in [0, 0.05) is 6.54 Å². The van der Waals surface area contributed by atoms with Crippen molar-refractivity contribution in [2.24, 2.45) is 5.10 Å². The smallest absolute Gasteiger partial charge is 0.343 e. The van der Waals surface area contributed by atoms with Crippen molar-refractivity contribution in [3.63, 3.8) is 0 Å². The van der Waals surface area contributed by atoms with Gasteiger partial charge < -0.3 is 10.1 Å². The number of hydrazone groups is 1. The molecule has 3 rings (SSSR count). The van der Waals surface area contributed by atoms with Crippen LogP contribution in [-0.4, -0.2) is 24.0 Å². The zero-order valence-corrected chi connectivity index (χ0v) is 16.9. The summed E-state index contributed by atoms with van der Waals surface area (Å²) in [4.78, 5) is 35.9. The predicted molar refractivity (Wildman–Crippen MR) is 117 cm³/mol. The Morgan fingerprint density at radius 3 is 2.45 bits per heavy atom. The van der Waals surface area contributed by atoms with Gasteiger partial charge in [0.15, 0.2) is 0 Å². The van der Waals surface area contributed by atoms with Crippen molar-refractivity contribution >= 4 is 24.0 Å². The molecule has 0 bridgehead atoms. The number of rotatable bonds is 6. The SMILES string of the molecule is Cc1cccc(C(=O)Oc2cccc(/C=N/NC(=O)C(=O)NCc3ccccc3)c2)c1. The number of carbonyl (C=O) groups is 3. The maximum Gasteiger partial charge on any atom is 0.343 e. The van der Waals surface area contributed by atoms with Crippen molar-refractivity contribution < 1.29 is 19.1 Å². The summed E-state index contributed by atoms with van der Waals surface area (Å²) < 4.78 is 5.38. The minimum absolute atomic E-state index is 0.241. The monoisotopic (exact) mass is 415 g/mol. The van der Waals surface area contributed by atoms with Crippen LogP contribution < -0.4 is 15.5 Å². The van der Waals surface area contributed by atoms with Crippen LogP contribution in [0.15, 0.2) is 84.0 Å². The maximum atomic E-state index is 12.3. The van der Waals surface area contributed by atoms with Crippen LogP contribution in [0.4, 0.5) is 0 Å². The number of benzene rings is 3. The Labute approximate surface area is 179 Å². The average molecular weight is 415 g/mol. The van der Waals surface area contributed by atoms with Gasteiger partial charge in [0.2, 0.25) is 0 Å². The second-order valence-corrected chi connectivity index (χ2v) is 6.70. The van der Waals surface area contributed by atoms with Crippen molar-refractivity contribution in [3.8, 4) is 5.75 Å². The van der Waals surface area contributed by atoms with E-state index in [9.17, 15) is 14.4 Å². The molecule has 0 saturated heterocycles. The summed E-state index contributed by atoms with van der Waals surface area (Å²) in [6.07, 6.45) is 1.35. The molecular weight excluding hydrogens is 394 g/mol. The molecule has 0 spiro atoms. The summed E-state index contributed by atoms with van der Waals surface area (Å²) >= 11 is 0. The third kappa shape index (κ3) is 6.64. The minimum atomic E-state index is -0.880. The van der Waals surface area contributed by atoms with Gasteiger partial charge in [-0.05, 0) is 42.3 Å². The highest BCUT2D eigenvalue weighted by molar-refractivity contribution is 6.35. The number of aryl methyl sites for hydroxylation is 1. The molecule has 0 fully saturated rings. The van der Waals surface area contributed by atoms with Crippen molar-refractivity contribution in [1.82, 2.24) is 10.7 Å². The number of amides is 2. The van der Waals surface area contributed by atoms with Crippen molar-refractivity contribution in [3.05, 3.63) is 101 Å². The van der Waals surface area contributed by atoms with Gasteiger partial charge in [-0.15, -0.1) is 0 Å². The fourth-order valence-electron chi connectivity index (χ4n) is 2.67. The molecule has 0 aliphatic heterocycles. The Morgan fingerprint density at radius 2 is 1.68 bits per heavy atom. The molecule has 0 unspecified atom stereocenters. The molecule has 0 radical (unpaired) electrons. The summed E-state index contributed by atoms with van der Waals surface area (Å²) in [5.74, 6) is -1.81. The first kappa shape index (κ1) is 21.4. The van der Waals surface area contributed by atoms with E-state index in [2.05, 4.69) is 15.8 Å². The number of nitrogens with zero attached hydrogens (tertiary/aromatic N) is 1. The predicted octanol–water partition coefficient (Wildman–Crippen LogP) is 2.98. The molecule has 2 N–H and O–H groups in total. The van der Waals surface area contributed by atoms with Gasteiger partial charge in [-0.1, -0.05) is 60.2 Å². The zero-order chi connectivity index (χ0) is 22.1. The third-order valence-electron chi connectivity index (χ3n) is 4.20. The molecule has 156 valence electrons. The summed E-state index contributed by atoms with van der Waals surface area (Å²) in [5.41, 5.74) is 5.04.